The number of rotatable bonds is 2. The molecule has 0 saturated carbocycles. The number of aromatic nitrogens is 2. The molecule has 1 aliphatic rings. The first-order valence-corrected chi connectivity index (χ1v) is 9.25. The molecule has 28 heavy (non-hydrogen) atoms. The molecule has 0 radical (unpaired) electrons. The molecule has 1 saturated heterocycles. The number of benzene rings is 2. The van der Waals surface area contributed by atoms with Crippen molar-refractivity contribution in [1.29, 1.82) is 0 Å². The SMILES string of the molecule is O=C(c1cc2c([nH]c3ccccc32)c(-c2ccc(F)cc2)n1)N1CCOCC1. The van der Waals surface area contributed by atoms with Crippen LogP contribution in [0.25, 0.3) is 33.1 Å². The van der Waals surface area contributed by atoms with Gasteiger partial charge in [0, 0.05) is 34.9 Å². The van der Waals surface area contributed by atoms with Gasteiger partial charge in [0.2, 0.25) is 0 Å². The van der Waals surface area contributed by atoms with Gasteiger partial charge in [-0.25, -0.2) is 9.37 Å². The van der Waals surface area contributed by atoms with Crippen molar-refractivity contribution in [2.75, 3.05) is 26.3 Å². The van der Waals surface area contributed by atoms with Gasteiger partial charge in [0.1, 0.15) is 11.5 Å². The zero-order chi connectivity index (χ0) is 19.1. The molecule has 0 unspecified atom stereocenters. The molecule has 0 bridgehead atoms. The second-order valence-corrected chi connectivity index (χ2v) is 6.86. The predicted octanol–water partition coefficient (Wildman–Crippen LogP) is 3.99. The van der Waals surface area contributed by atoms with Crippen molar-refractivity contribution in [3.63, 3.8) is 0 Å². The lowest BCUT2D eigenvalue weighted by molar-refractivity contribution is 0.0299. The Morgan fingerprint density at radius 3 is 2.57 bits per heavy atom. The molecular weight excluding hydrogens is 357 g/mol. The molecule has 1 fully saturated rings. The number of hydrogen-bond donors (Lipinski definition) is 1. The van der Waals surface area contributed by atoms with E-state index in [4.69, 9.17) is 4.74 Å². The molecule has 2 aromatic heterocycles. The van der Waals surface area contributed by atoms with Crippen LogP contribution in [0.1, 0.15) is 10.5 Å². The summed E-state index contributed by atoms with van der Waals surface area (Å²) in [6.07, 6.45) is 0. The maximum Gasteiger partial charge on any atom is 0.272 e. The number of morpholine rings is 1. The Kier molecular flexibility index (Phi) is 4.06. The number of halogens is 1. The predicted molar refractivity (Wildman–Crippen MR) is 106 cm³/mol. The molecule has 1 N–H and O–H groups in total. The molecule has 3 heterocycles. The van der Waals surface area contributed by atoms with Crippen LogP contribution in [0.3, 0.4) is 0 Å². The second-order valence-electron chi connectivity index (χ2n) is 6.86. The molecule has 6 heteroatoms. The summed E-state index contributed by atoms with van der Waals surface area (Å²) in [7, 11) is 0. The summed E-state index contributed by atoms with van der Waals surface area (Å²) in [5.74, 6) is -0.420. The third-order valence-corrected chi connectivity index (χ3v) is 5.13. The highest BCUT2D eigenvalue weighted by atomic mass is 19.1. The number of aromatic amines is 1. The molecule has 5 rings (SSSR count). The average molecular weight is 375 g/mol. The van der Waals surface area contributed by atoms with Gasteiger partial charge in [0.25, 0.3) is 5.91 Å². The lowest BCUT2D eigenvalue weighted by atomic mass is 10.1. The minimum absolute atomic E-state index is 0.112. The highest BCUT2D eigenvalue weighted by Gasteiger charge is 2.22. The number of hydrogen-bond acceptors (Lipinski definition) is 3. The third-order valence-electron chi connectivity index (χ3n) is 5.13. The van der Waals surface area contributed by atoms with E-state index in [0.717, 1.165) is 27.4 Å². The van der Waals surface area contributed by atoms with Crippen LogP contribution in [-0.2, 0) is 4.74 Å². The zero-order valence-corrected chi connectivity index (χ0v) is 15.1. The Bertz CT molecular complexity index is 1180. The Morgan fingerprint density at radius 1 is 1.04 bits per heavy atom. The lowest BCUT2D eigenvalue weighted by Gasteiger charge is -2.26. The molecule has 0 atom stereocenters. The summed E-state index contributed by atoms with van der Waals surface area (Å²) in [6, 6.07) is 16.0. The van der Waals surface area contributed by atoms with Crippen molar-refractivity contribution in [1.82, 2.24) is 14.9 Å². The van der Waals surface area contributed by atoms with Gasteiger partial charge >= 0.3 is 0 Å². The van der Waals surface area contributed by atoms with Crippen molar-refractivity contribution in [3.05, 3.63) is 66.1 Å². The van der Waals surface area contributed by atoms with E-state index in [2.05, 4.69) is 9.97 Å². The largest absolute Gasteiger partial charge is 0.378 e. The first kappa shape index (κ1) is 16.9. The second kappa shape index (κ2) is 6.73. The molecule has 2 aromatic carbocycles. The van der Waals surface area contributed by atoms with Gasteiger partial charge in [-0.3, -0.25) is 4.79 Å². The van der Waals surface area contributed by atoms with E-state index in [1.165, 1.54) is 12.1 Å². The lowest BCUT2D eigenvalue weighted by Crippen LogP contribution is -2.41. The van der Waals surface area contributed by atoms with E-state index in [0.29, 0.717) is 37.7 Å². The van der Waals surface area contributed by atoms with Gasteiger partial charge < -0.3 is 14.6 Å². The number of amides is 1. The van der Waals surface area contributed by atoms with E-state index in [9.17, 15) is 9.18 Å². The van der Waals surface area contributed by atoms with Gasteiger partial charge in [0.15, 0.2) is 0 Å². The smallest absolute Gasteiger partial charge is 0.272 e. The Morgan fingerprint density at radius 2 is 1.79 bits per heavy atom. The van der Waals surface area contributed by atoms with E-state index in [1.54, 1.807) is 17.0 Å². The number of fused-ring (bicyclic) bond motifs is 3. The van der Waals surface area contributed by atoms with Gasteiger partial charge in [0.05, 0.1) is 24.4 Å². The Labute approximate surface area is 160 Å². The fourth-order valence-electron chi connectivity index (χ4n) is 3.70. The summed E-state index contributed by atoms with van der Waals surface area (Å²) in [5, 5.41) is 1.96. The van der Waals surface area contributed by atoms with Crippen LogP contribution in [0.2, 0.25) is 0 Å². The fraction of sp³-hybridized carbons (Fsp3) is 0.182. The van der Waals surface area contributed by atoms with E-state index in [1.807, 2.05) is 30.3 Å². The van der Waals surface area contributed by atoms with Crippen molar-refractivity contribution in [3.8, 4) is 11.3 Å². The van der Waals surface area contributed by atoms with Crippen molar-refractivity contribution in [2.45, 2.75) is 0 Å². The van der Waals surface area contributed by atoms with Crippen molar-refractivity contribution in [2.24, 2.45) is 0 Å². The van der Waals surface area contributed by atoms with Crippen LogP contribution >= 0.6 is 0 Å². The molecule has 140 valence electrons. The highest BCUT2D eigenvalue weighted by Crippen LogP contribution is 2.33. The van der Waals surface area contributed by atoms with Gasteiger partial charge in [-0.1, -0.05) is 18.2 Å². The van der Waals surface area contributed by atoms with Gasteiger partial charge in [-0.15, -0.1) is 0 Å². The van der Waals surface area contributed by atoms with Gasteiger partial charge in [-0.05, 0) is 36.4 Å². The average Bonchev–Trinajstić information content (AvgIpc) is 3.12. The number of carbonyl (C=O) groups is 1. The number of nitrogens with zero attached hydrogens (tertiary/aromatic N) is 2. The standard InChI is InChI=1S/C22H18FN3O2/c23-15-7-5-14(6-8-15)20-21-17(16-3-1-2-4-18(16)24-21)13-19(25-20)22(27)26-9-11-28-12-10-26/h1-8,13,24H,9-12H2. The molecule has 0 aliphatic carbocycles. The molecule has 5 nitrogen and oxygen atoms in total. The minimum atomic E-state index is -0.308. The number of pyridine rings is 1. The quantitative estimate of drug-likeness (QED) is 0.576. The number of para-hydroxylation sites is 1. The van der Waals surface area contributed by atoms with E-state index in [-0.39, 0.29) is 11.7 Å². The molecule has 0 spiro atoms. The van der Waals surface area contributed by atoms with Crippen LogP contribution in [0.4, 0.5) is 4.39 Å². The number of H-pyrrole nitrogens is 1. The Balaban J connectivity index is 1.73. The maximum absolute atomic E-state index is 13.4. The third kappa shape index (κ3) is 2.82. The van der Waals surface area contributed by atoms with Gasteiger partial charge in [-0.2, -0.15) is 0 Å². The fourth-order valence-corrected chi connectivity index (χ4v) is 3.70. The molecule has 4 aromatic rings. The zero-order valence-electron chi connectivity index (χ0n) is 15.1. The van der Waals surface area contributed by atoms with E-state index < -0.39 is 0 Å². The summed E-state index contributed by atoms with van der Waals surface area (Å²) < 4.78 is 18.8. The molecule has 1 amide bonds. The number of nitrogens with one attached hydrogen (secondary N) is 1. The summed E-state index contributed by atoms with van der Waals surface area (Å²) >= 11 is 0. The number of ether oxygens (including phenoxy) is 1. The molecular formula is C22H18FN3O2. The van der Waals surface area contributed by atoms with Crippen LogP contribution in [0.15, 0.2) is 54.6 Å². The van der Waals surface area contributed by atoms with E-state index >= 15 is 0 Å². The van der Waals surface area contributed by atoms with Crippen molar-refractivity contribution < 1.29 is 13.9 Å². The monoisotopic (exact) mass is 375 g/mol. The van der Waals surface area contributed by atoms with Crippen molar-refractivity contribution >= 4 is 27.7 Å². The van der Waals surface area contributed by atoms with Crippen LogP contribution in [0, 0.1) is 5.82 Å². The van der Waals surface area contributed by atoms with Crippen LogP contribution < -0.4 is 0 Å². The normalized spacial score (nSPS) is 14.7. The molecule has 1 aliphatic heterocycles. The van der Waals surface area contributed by atoms with Crippen LogP contribution in [-0.4, -0.2) is 47.1 Å². The topological polar surface area (TPSA) is 58.2 Å². The first-order valence-electron chi connectivity index (χ1n) is 9.25. The summed E-state index contributed by atoms with van der Waals surface area (Å²) in [5.41, 5.74) is 3.60. The van der Waals surface area contributed by atoms with Crippen LogP contribution in [0.5, 0.6) is 0 Å². The summed E-state index contributed by atoms with van der Waals surface area (Å²) in [4.78, 5) is 22.9. The first-order chi connectivity index (χ1) is 13.7. The number of carbonyl (C=O) groups excluding carboxylic acids is 1. The minimum Gasteiger partial charge on any atom is -0.378 e. The summed E-state index contributed by atoms with van der Waals surface area (Å²) in [6.45, 7) is 2.18. The highest BCUT2D eigenvalue weighted by molar-refractivity contribution is 6.13. The maximum atomic E-state index is 13.4. The Hall–Kier alpha value is -3.25.